The van der Waals surface area contributed by atoms with E-state index in [0.29, 0.717) is 11.5 Å². The Hall–Kier alpha value is -4.56. The van der Waals surface area contributed by atoms with Gasteiger partial charge in [-0.05, 0) is 48.5 Å². The number of benzene rings is 2. The highest BCUT2D eigenvalue weighted by Gasteiger charge is 2.14. The SMILES string of the molecule is COc1ccc(C(=O)OOOC(=O)OCCCOC(=O)OOOC(=O)c2ccc(OC)cc2)cc1. The molecule has 0 saturated heterocycles. The number of rotatable bonds is 12. The normalized spacial score (nSPS) is 9.89. The van der Waals surface area contributed by atoms with Gasteiger partial charge in [-0.3, -0.25) is 9.78 Å². The molecule has 14 heteroatoms. The monoisotopic (exact) mass is 496 g/mol. The van der Waals surface area contributed by atoms with Crippen LogP contribution in [0.4, 0.5) is 9.59 Å². The van der Waals surface area contributed by atoms with Gasteiger partial charge in [0, 0.05) is 6.42 Å². The molecule has 0 aromatic heterocycles. The first-order chi connectivity index (χ1) is 16.9. The molecule has 2 aromatic carbocycles. The topological polar surface area (TPSA) is 161 Å². The molecule has 0 saturated carbocycles. The predicted molar refractivity (Wildman–Crippen MR) is 108 cm³/mol. The molecule has 0 amide bonds. The molecule has 35 heavy (non-hydrogen) atoms. The minimum Gasteiger partial charge on any atom is -0.497 e. The molecule has 0 aliphatic rings. The lowest BCUT2D eigenvalue weighted by Crippen LogP contribution is -2.15. The quantitative estimate of drug-likeness (QED) is 0.182. The van der Waals surface area contributed by atoms with E-state index in [2.05, 4.69) is 39.1 Å². The van der Waals surface area contributed by atoms with Crippen molar-refractivity contribution in [3.05, 3.63) is 59.7 Å². The summed E-state index contributed by atoms with van der Waals surface area (Å²) in [7, 11) is 2.93. The first-order valence-electron chi connectivity index (χ1n) is 9.65. The van der Waals surface area contributed by atoms with Crippen molar-refractivity contribution < 1.29 is 67.8 Å². The summed E-state index contributed by atoms with van der Waals surface area (Å²) >= 11 is 0. The van der Waals surface area contributed by atoms with Gasteiger partial charge in [0.15, 0.2) is 0 Å². The molecule has 188 valence electrons. The van der Waals surface area contributed by atoms with Crippen molar-refractivity contribution in [3.8, 4) is 11.5 Å². The molecular weight excluding hydrogens is 476 g/mol. The molecule has 0 atom stereocenters. The van der Waals surface area contributed by atoms with Crippen LogP contribution in [0.2, 0.25) is 0 Å². The second kappa shape index (κ2) is 14.6. The molecule has 0 bridgehead atoms. The van der Waals surface area contributed by atoms with Gasteiger partial charge in [-0.25, -0.2) is 29.0 Å². The molecule has 0 unspecified atom stereocenters. The highest BCUT2D eigenvalue weighted by atomic mass is 17.5. The number of hydrogen-bond acceptors (Lipinski definition) is 14. The Bertz CT molecular complexity index is 891. The third-order valence-corrected chi connectivity index (χ3v) is 3.80. The van der Waals surface area contributed by atoms with Gasteiger partial charge in [-0.15, -0.1) is 0 Å². The fourth-order valence-electron chi connectivity index (χ4n) is 2.12. The van der Waals surface area contributed by atoms with Crippen LogP contribution in [0.1, 0.15) is 27.1 Å². The summed E-state index contributed by atoms with van der Waals surface area (Å²) in [5, 5.41) is 8.09. The fourth-order valence-corrected chi connectivity index (χ4v) is 2.12. The third kappa shape index (κ3) is 9.85. The summed E-state index contributed by atoms with van der Waals surface area (Å²) in [6.45, 7) is -0.509. The predicted octanol–water partition coefficient (Wildman–Crippen LogP) is 3.11. The van der Waals surface area contributed by atoms with Crippen LogP contribution >= 0.6 is 0 Å². The van der Waals surface area contributed by atoms with Gasteiger partial charge in [0.05, 0.1) is 48.6 Å². The molecule has 0 radical (unpaired) electrons. The summed E-state index contributed by atoms with van der Waals surface area (Å²) < 4.78 is 19.1. The average molecular weight is 496 g/mol. The van der Waals surface area contributed by atoms with Crippen LogP contribution in [-0.2, 0) is 39.1 Å². The zero-order valence-electron chi connectivity index (χ0n) is 18.5. The summed E-state index contributed by atoms with van der Waals surface area (Å²) in [4.78, 5) is 62.7. The Morgan fingerprint density at radius 2 is 0.943 bits per heavy atom. The molecule has 0 spiro atoms. The highest BCUT2D eigenvalue weighted by Crippen LogP contribution is 2.13. The van der Waals surface area contributed by atoms with Gasteiger partial charge in [0.25, 0.3) is 0 Å². The third-order valence-electron chi connectivity index (χ3n) is 3.80. The molecule has 0 heterocycles. The number of carbonyl (C=O) groups excluding carboxylic acids is 4. The Morgan fingerprint density at radius 1 is 0.571 bits per heavy atom. The second-order valence-electron chi connectivity index (χ2n) is 6.05. The Balaban J connectivity index is 1.49. The first-order valence-corrected chi connectivity index (χ1v) is 9.65. The molecule has 14 nitrogen and oxygen atoms in total. The van der Waals surface area contributed by atoms with Crippen molar-refractivity contribution >= 4 is 24.2 Å². The number of ether oxygens (including phenoxy) is 4. The van der Waals surface area contributed by atoms with E-state index in [1.54, 1.807) is 0 Å². The van der Waals surface area contributed by atoms with E-state index in [1.165, 1.54) is 62.8 Å². The molecule has 0 N–H and O–H groups in total. The lowest BCUT2D eigenvalue weighted by atomic mass is 10.2. The van der Waals surface area contributed by atoms with Gasteiger partial charge in [0.2, 0.25) is 0 Å². The first kappa shape index (κ1) is 26.7. The van der Waals surface area contributed by atoms with Crippen LogP contribution in [0.3, 0.4) is 0 Å². The largest absolute Gasteiger partial charge is 0.543 e. The summed E-state index contributed by atoms with van der Waals surface area (Å²) in [5.41, 5.74) is 0.234. The van der Waals surface area contributed by atoms with Gasteiger partial charge >= 0.3 is 24.2 Å². The number of hydrogen-bond donors (Lipinski definition) is 0. The van der Waals surface area contributed by atoms with Crippen LogP contribution in [-0.4, -0.2) is 51.7 Å². The lowest BCUT2D eigenvalue weighted by molar-refractivity contribution is -0.452. The van der Waals surface area contributed by atoms with Gasteiger partial charge in [-0.1, -0.05) is 0 Å². The van der Waals surface area contributed by atoms with Crippen molar-refractivity contribution in [2.24, 2.45) is 0 Å². The molecular formula is C21H20O14. The van der Waals surface area contributed by atoms with Crippen molar-refractivity contribution in [1.29, 1.82) is 0 Å². The Labute approximate surface area is 197 Å². The van der Waals surface area contributed by atoms with Crippen LogP contribution < -0.4 is 9.47 Å². The van der Waals surface area contributed by atoms with E-state index in [4.69, 9.17) is 9.47 Å². The van der Waals surface area contributed by atoms with Crippen LogP contribution in [0.25, 0.3) is 0 Å². The zero-order valence-corrected chi connectivity index (χ0v) is 18.5. The van der Waals surface area contributed by atoms with Crippen LogP contribution in [0.5, 0.6) is 11.5 Å². The smallest absolute Gasteiger partial charge is 0.497 e. The van der Waals surface area contributed by atoms with E-state index < -0.39 is 24.2 Å². The molecule has 2 aromatic rings. The second-order valence-corrected chi connectivity index (χ2v) is 6.05. The number of carbonyl (C=O) groups is 4. The van der Waals surface area contributed by atoms with Gasteiger partial charge in [0.1, 0.15) is 11.5 Å². The number of methoxy groups -OCH3 is 2. The molecule has 0 fully saturated rings. The van der Waals surface area contributed by atoms with Crippen molar-refractivity contribution in [1.82, 2.24) is 0 Å². The van der Waals surface area contributed by atoms with Crippen molar-refractivity contribution in [3.63, 3.8) is 0 Å². The van der Waals surface area contributed by atoms with E-state index in [1.807, 2.05) is 0 Å². The maximum Gasteiger partial charge on any atom is 0.543 e. The lowest BCUT2D eigenvalue weighted by Gasteiger charge is -2.06. The zero-order chi connectivity index (χ0) is 25.5. The summed E-state index contributed by atoms with van der Waals surface area (Å²) in [6, 6.07) is 11.7. The molecule has 2 rings (SSSR count). The Kier molecular flexibility index (Phi) is 11.1. The van der Waals surface area contributed by atoms with Gasteiger partial charge < -0.3 is 18.9 Å². The van der Waals surface area contributed by atoms with E-state index >= 15 is 0 Å². The van der Waals surface area contributed by atoms with Crippen molar-refractivity contribution in [2.75, 3.05) is 27.4 Å². The highest BCUT2D eigenvalue weighted by molar-refractivity contribution is 5.89. The van der Waals surface area contributed by atoms with Gasteiger partial charge in [-0.2, -0.15) is 0 Å². The Morgan fingerprint density at radius 3 is 1.29 bits per heavy atom. The van der Waals surface area contributed by atoms with Crippen LogP contribution in [0.15, 0.2) is 48.5 Å². The standard InChI is InChI=1S/C21H20O14/c1-26-16-8-4-14(5-9-16)18(22)30-34-32-20(24)28-12-3-13-29-21(25)33-35-31-19(23)15-6-10-17(27-2)11-7-15/h4-11H,3,12-13H2,1-2H3. The molecule has 0 aliphatic heterocycles. The maximum absolute atomic E-state index is 11.7. The van der Waals surface area contributed by atoms with Crippen LogP contribution in [0, 0.1) is 0 Å². The minimum atomic E-state index is -1.32. The average Bonchev–Trinajstić information content (AvgIpc) is 2.88. The maximum atomic E-state index is 11.7. The minimum absolute atomic E-state index is 0.0292. The molecule has 0 aliphatic carbocycles. The van der Waals surface area contributed by atoms with E-state index in [0.717, 1.165) is 0 Å². The fraction of sp³-hybridized carbons (Fsp3) is 0.238. The van der Waals surface area contributed by atoms with E-state index in [9.17, 15) is 19.2 Å². The van der Waals surface area contributed by atoms with E-state index in [-0.39, 0.29) is 30.8 Å². The summed E-state index contributed by atoms with van der Waals surface area (Å²) in [5.74, 6) is -0.797. The summed E-state index contributed by atoms with van der Waals surface area (Å²) in [6.07, 6.45) is -2.60. The van der Waals surface area contributed by atoms with Crippen molar-refractivity contribution in [2.45, 2.75) is 6.42 Å².